The summed E-state index contributed by atoms with van der Waals surface area (Å²) in [6, 6.07) is 0. The van der Waals surface area contributed by atoms with E-state index in [0.717, 1.165) is 89.9 Å². The van der Waals surface area contributed by atoms with Crippen molar-refractivity contribution in [1.29, 1.82) is 0 Å². The van der Waals surface area contributed by atoms with E-state index in [-0.39, 0.29) is 25.2 Å². The molecular weight excluding hydrogens is 669 g/mol. The van der Waals surface area contributed by atoms with Crippen LogP contribution < -0.4 is 0 Å². The lowest BCUT2D eigenvalue weighted by molar-refractivity contribution is -0.161. The van der Waals surface area contributed by atoms with E-state index in [0.29, 0.717) is 12.8 Å². The van der Waals surface area contributed by atoms with Crippen molar-refractivity contribution in [3.8, 4) is 0 Å². The molecule has 0 spiro atoms. The molecule has 0 bridgehead atoms. The van der Waals surface area contributed by atoms with Crippen LogP contribution in [0.5, 0.6) is 0 Å². The third-order valence-corrected chi connectivity index (χ3v) is 9.48. The minimum Gasteiger partial charge on any atom is -0.462 e. The molecule has 1 atom stereocenters. The molecular formula is C49H84O5. The van der Waals surface area contributed by atoms with Gasteiger partial charge in [-0.15, -0.1) is 0 Å². The lowest BCUT2D eigenvalue weighted by Crippen LogP contribution is -2.28. The molecule has 0 aromatic heterocycles. The van der Waals surface area contributed by atoms with Crippen LogP contribution in [-0.2, 0) is 19.1 Å². The summed E-state index contributed by atoms with van der Waals surface area (Å²) in [5.74, 6) is -0.616. The maximum absolute atomic E-state index is 12.2. The molecule has 310 valence electrons. The fourth-order valence-electron chi connectivity index (χ4n) is 6.10. The van der Waals surface area contributed by atoms with E-state index in [1.807, 2.05) is 0 Å². The Morgan fingerprint density at radius 1 is 0.444 bits per heavy atom. The van der Waals surface area contributed by atoms with Crippen LogP contribution in [0, 0.1) is 0 Å². The highest BCUT2D eigenvalue weighted by Crippen LogP contribution is 2.13. The fourth-order valence-corrected chi connectivity index (χ4v) is 6.10. The molecule has 0 aromatic rings. The first-order valence-electron chi connectivity index (χ1n) is 22.5. The summed E-state index contributed by atoms with van der Waals surface area (Å²) in [7, 11) is 0. The van der Waals surface area contributed by atoms with Gasteiger partial charge in [-0.3, -0.25) is 9.59 Å². The number of aliphatic hydroxyl groups excluding tert-OH is 1. The molecule has 0 saturated carbocycles. The third kappa shape index (κ3) is 42.1. The van der Waals surface area contributed by atoms with Gasteiger partial charge in [0.15, 0.2) is 6.10 Å². The summed E-state index contributed by atoms with van der Waals surface area (Å²) in [5.41, 5.74) is 0. The van der Waals surface area contributed by atoms with Crippen molar-refractivity contribution in [3.63, 3.8) is 0 Å². The summed E-state index contributed by atoms with van der Waals surface area (Å²) in [4.78, 5) is 24.4. The quantitative estimate of drug-likeness (QED) is 0.0383. The Hall–Kier alpha value is -2.66. The van der Waals surface area contributed by atoms with Crippen LogP contribution in [0.2, 0.25) is 0 Å². The second-order valence-corrected chi connectivity index (χ2v) is 14.7. The van der Waals surface area contributed by atoms with E-state index in [4.69, 9.17) is 9.47 Å². The van der Waals surface area contributed by atoms with Gasteiger partial charge in [0.05, 0.1) is 6.61 Å². The predicted molar refractivity (Wildman–Crippen MR) is 233 cm³/mol. The van der Waals surface area contributed by atoms with Crippen molar-refractivity contribution in [3.05, 3.63) is 72.9 Å². The molecule has 0 aliphatic carbocycles. The number of rotatable bonds is 40. The largest absolute Gasteiger partial charge is 0.462 e. The van der Waals surface area contributed by atoms with Crippen molar-refractivity contribution in [2.24, 2.45) is 0 Å². The molecule has 0 radical (unpaired) electrons. The highest BCUT2D eigenvalue weighted by molar-refractivity contribution is 5.70. The molecule has 54 heavy (non-hydrogen) atoms. The Bertz CT molecular complexity index is 988. The molecule has 5 nitrogen and oxygen atoms in total. The van der Waals surface area contributed by atoms with E-state index >= 15 is 0 Å². The number of carbonyl (C=O) groups excluding carboxylic acids is 2. The van der Waals surface area contributed by atoms with Crippen molar-refractivity contribution < 1.29 is 24.2 Å². The maximum Gasteiger partial charge on any atom is 0.306 e. The number of unbranched alkanes of at least 4 members (excludes halogenated alkanes) is 20. The molecule has 0 aromatic carbocycles. The Morgan fingerprint density at radius 3 is 1.22 bits per heavy atom. The topological polar surface area (TPSA) is 72.8 Å². The lowest BCUT2D eigenvalue weighted by atomic mass is 10.1. The Labute approximate surface area is 333 Å². The zero-order valence-corrected chi connectivity index (χ0v) is 35.2. The van der Waals surface area contributed by atoms with Gasteiger partial charge in [0.1, 0.15) is 6.61 Å². The van der Waals surface area contributed by atoms with Gasteiger partial charge in [-0.05, 0) is 83.5 Å². The third-order valence-electron chi connectivity index (χ3n) is 9.48. The van der Waals surface area contributed by atoms with Gasteiger partial charge in [-0.2, -0.15) is 0 Å². The summed E-state index contributed by atoms with van der Waals surface area (Å²) in [6.07, 6.45) is 59.7. The van der Waals surface area contributed by atoms with Crippen molar-refractivity contribution in [1.82, 2.24) is 0 Å². The molecule has 0 saturated heterocycles. The summed E-state index contributed by atoms with van der Waals surface area (Å²) in [5, 5.41) is 9.59. The van der Waals surface area contributed by atoms with Crippen LogP contribution in [0.1, 0.15) is 206 Å². The molecule has 0 aliphatic rings. The van der Waals surface area contributed by atoms with Crippen molar-refractivity contribution >= 4 is 11.9 Å². The lowest BCUT2D eigenvalue weighted by Gasteiger charge is -2.15. The number of hydrogen-bond donors (Lipinski definition) is 1. The van der Waals surface area contributed by atoms with Gasteiger partial charge < -0.3 is 14.6 Å². The average molecular weight is 753 g/mol. The summed E-state index contributed by atoms with van der Waals surface area (Å²) < 4.78 is 10.6. The Kier molecular flexibility index (Phi) is 42.5. The smallest absolute Gasteiger partial charge is 0.306 e. The van der Waals surface area contributed by atoms with Gasteiger partial charge in [0.2, 0.25) is 0 Å². The first kappa shape index (κ1) is 51.3. The zero-order valence-electron chi connectivity index (χ0n) is 35.2. The molecule has 0 fully saturated rings. The number of hydrogen-bond acceptors (Lipinski definition) is 5. The number of aliphatic hydroxyl groups is 1. The molecule has 1 N–H and O–H groups in total. The summed E-state index contributed by atoms with van der Waals surface area (Å²) in [6.45, 7) is 4.01. The molecule has 0 amide bonds. The molecule has 5 heteroatoms. The Morgan fingerprint density at radius 2 is 0.796 bits per heavy atom. The maximum atomic E-state index is 12.2. The van der Waals surface area contributed by atoms with Gasteiger partial charge in [0.25, 0.3) is 0 Å². The normalized spacial score (nSPS) is 12.9. The van der Waals surface area contributed by atoms with Crippen LogP contribution in [-0.4, -0.2) is 36.4 Å². The van der Waals surface area contributed by atoms with E-state index in [1.165, 1.54) is 89.9 Å². The van der Waals surface area contributed by atoms with Gasteiger partial charge in [-0.25, -0.2) is 0 Å². The first-order valence-corrected chi connectivity index (χ1v) is 22.5. The molecule has 1 unspecified atom stereocenters. The fraction of sp³-hybridized carbons (Fsp3) is 0.714. The monoisotopic (exact) mass is 753 g/mol. The van der Waals surface area contributed by atoms with Crippen molar-refractivity contribution in [2.75, 3.05) is 13.2 Å². The van der Waals surface area contributed by atoms with Crippen LogP contribution in [0.3, 0.4) is 0 Å². The van der Waals surface area contributed by atoms with Crippen LogP contribution in [0.25, 0.3) is 0 Å². The number of ether oxygens (including phenoxy) is 2. The zero-order chi connectivity index (χ0) is 39.3. The van der Waals surface area contributed by atoms with E-state index in [1.54, 1.807) is 0 Å². The highest BCUT2D eigenvalue weighted by Gasteiger charge is 2.16. The van der Waals surface area contributed by atoms with E-state index in [9.17, 15) is 14.7 Å². The standard InChI is InChI=1S/C49H84O5/c1-3-5-7-9-11-13-15-17-19-21-23-24-26-28-30-32-34-36-38-40-42-44-49(52)54-47(45-50)46-53-48(51)43-41-39-37-35-33-31-29-27-25-22-20-18-16-14-12-10-8-6-4-2/h5,7,11,13,17-20,23-24,28,30,47,50H,3-4,6,8-10,12,14-16,21-22,25-27,29,31-46H2,1-2H3/b7-5-,13-11-,19-17-,20-18-,24-23-,30-28-. The Balaban J connectivity index is 3.59. The minimum absolute atomic E-state index is 0.0776. The SMILES string of the molecule is CC/C=C\C/C=C\C/C=C\C/C=C\C/C=C\CCCCCCCC(=O)OC(CO)COC(=O)CCCCCCCCCCC/C=C\CCCCCCCC. The van der Waals surface area contributed by atoms with E-state index in [2.05, 4.69) is 86.8 Å². The second kappa shape index (κ2) is 44.7. The number of carbonyl (C=O) groups is 2. The predicted octanol–water partition coefficient (Wildman–Crippen LogP) is 14.5. The second-order valence-electron chi connectivity index (χ2n) is 14.7. The summed E-state index contributed by atoms with van der Waals surface area (Å²) >= 11 is 0. The van der Waals surface area contributed by atoms with E-state index < -0.39 is 6.10 Å². The van der Waals surface area contributed by atoms with Gasteiger partial charge in [-0.1, -0.05) is 183 Å². The van der Waals surface area contributed by atoms with Crippen LogP contribution in [0.4, 0.5) is 0 Å². The minimum atomic E-state index is -0.786. The highest BCUT2D eigenvalue weighted by atomic mass is 16.6. The molecule has 0 heterocycles. The first-order chi connectivity index (χ1) is 26.6. The van der Waals surface area contributed by atoms with Crippen molar-refractivity contribution in [2.45, 2.75) is 213 Å². The number of esters is 2. The average Bonchev–Trinajstić information content (AvgIpc) is 3.17. The molecule has 0 rings (SSSR count). The van der Waals surface area contributed by atoms with Gasteiger partial charge in [0, 0.05) is 12.8 Å². The van der Waals surface area contributed by atoms with Crippen LogP contribution >= 0.6 is 0 Å². The molecule has 0 aliphatic heterocycles. The van der Waals surface area contributed by atoms with Gasteiger partial charge >= 0.3 is 11.9 Å². The van der Waals surface area contributed by atoms with Crippen LogP contribution in [0.15, 0.2) is 72.9 Å². The number of allylic oxidation sites excluding steroid dienone is 12.